The Labute approximate surface area is 137 Å². The van der Waals surface area contributed by atoms with Gasteiger partial charge in [0.15, 0.2) is 5.96 Å². The summed E-state index contributed by atoms with van der Waals surface area (Å²) in [5, 5.41) is 6.55. The summed E-state index contributed by atoms with van der Waals surface area (Å²) in [6.07, 6.45) is 1.12. The number of para-hydroxylation sites is 1. The van der Waals surface area contributed by atoms with Crippen molar-refractivity contribution >= 4 is 11.9 Å². The molecule has 0 radical (unpaired) electrons. The molecule has 1 aromatic rings. The molecule has 1 aliphatic heterocycles. The van der Waals surface area contributed by atoms with Crippen molar-refractivity contribution in [1.29, 1.82) is 0 Å². The molecule has 0 fully saturated rings. The third kappa shape index (κ3) is 4.61. The number of carbonyl (C=O) groups excluding carboxylic acids is 1. The Balaban J connectivity index is 2.04. The molecule has 0 spiro atoms. The van der Waals surface area contributed by atoms with Crippen LogP contribution in [-0.4, -0.2) is 38.2 Å². The summed E-state index contributed by atoms with van der Waals surface area (Å²) in [6.45, 7) is 4.62. The summed E-state index contributed by atoms with van der Waals surface area (Å²) in [4.78, 5) is 15.4. The minimum atomic E-state index is -0.253. The molecule has 0 saturated heterocycles. The van der Waals surface area contributed by atoms with Gasteiger partial charge >= 0.3 is 5.97 Å². The maximum atomic E-state index is 11.2. The number of aliphatic imine (C=N–C) groups is 1. The third-order valence-corrected chi connectivity index (χ3v) is 3.76. The van der Waals surface area contributed by atoms with Crippen LogP contribution in [-0.2, 0) is 9.53 Å². The van der Waals surface area contributed by atoms with E-state index < -0.39 is 0 Å². The fourth-order valence-corrected chi connectivity index (χ4v) is 2.68. The fraction of sp³-hybridized carbons (Fsp3) is 0.529. The molecule has 1 aliphatic rings. The first-order chi connectivity index (χ1) is 10.9. The van der Waals surface area contributed by atoms with E-state index in [1.54, 1.807) is 7.05 Å². The van der Waals surface area contributed by atoms with Gasteiger partial charge < -0.3 is 20.1 Å². The van der Waals surface area contributed by atoms with Crippen molar-refractivity contribution < 1.29 is 14.3 Å². The number of hydrogen-bond acceptors (Lipinski definition) is 4. The number of nitrogens with one attached hydrogen (secondary N) is 2. The molecular weight excluding hydrogens is 294 g/mol. The Kier molecular flexibility index (Phi) is 5.47. The van der Waals surface area contributed by atoms with Crippen LogP contribution in [0.25, 0.3) is 0 Å². The van der Waals surface area contributed by atoms with Crippen molar-refractivity contribution in [1.82, 2.24) is 10.6 Å². The Morgan fingerprint density at radius 1 is 1.43 bits per heavy atom. The highest BCUT2D eigenvalue weighted by atomic mass is 16.5. The number of ether oxygens (including phenoxy) is 2. The lowest BCUT2D eigenvalue weighted by Crippen LogP contribution is -2.45. The lowest BCUT2D eigenvalue weighted by atomic mass is 9.90. The molecule has 1 unspecified atom stereocenters. The zero-order chi connectivity index (χ0) is 16.9. The van der Waals surface area contributed by atoms with Crippen molar-refractivity contribution in [2.75, 3.05) is 20.7 Å². The van der Waals surface area contributed by atoms with E-state index in [0.717, 1.165) is 17.7 Å². The quantitative estimate of drug-likeness (QED) is 0.505. The van der Waals surface area contributed by atoms with Gasteiger partial charge in [-0.15, -0.1) is 0 Å². The maximum Gasteiger partial charge on any atom is 0.307 e. The van der Waals surface area contributed by atoms with E-state index in [1.165, 1.54) is 7.11 Å². The van der Waals surface area contributed by atoms with Gasteiger partial charge in [-0.3, -0.25) is 9.79 Å². The molecule has 126 valence electrons. The van der Waals surface area contributed by atoms with E-state index in [0.29, 0.717) is 18.9 Å². The molecule has 0 bridgehead atoms. The molecule has 1 atom stereocenters. The average Bonchev–Trinajstić information content (AvgIpc) is 2.52. The van der Waals surface area contributed by atoms with E-state index in [1.807, 2.05) is 18.2 Å². The highest BCUT2D eigenvalue weighted by Crippen LogP contribution is 2.39. The van der Waals surface area contributed by atoms with Gasteiger partial charge in [0.1, 0.15) is 11.4 Å². The van der Waals surface area contributed by atoms with Crippen LogP contribution in [0.3, 0.4) is 0 Å². The number of methoxy groups -OCH3 is 1. The van der Waals surface area contributed by atoms with Gasteiger partial charge in [0.25, 0.3) is 0 Å². The molecule has 6 nitrogen and oxygen atoms in total. The van der Waals surface area contributed by atoms with Gasteiger partial charge in [-0.25, -0.2) is 0 Å². The van der Waals surface area contributed by atoms with Crippen molar-refractivity contribution in [3.63, 3.8) is 0 Å². The van der Waals surface area contributed by atoms with Gasteiger partial charge in [0, 0.05) is 25.6 Å². The first-order valence-corrected chi connectivity index (χ1v) is 7.77. The number of rotatable bonds is 4. The molecule has 1 heterocycles. The zero-order valence-corrected chi connectivity index (χ0v) is 14.2. The number of esters is 1. The smallest absolute Gasteiger partial charge is 0.307 e. The standard InChI is InChI=1S/C17H25N3O3/c1-17(2)11-13(12-7-5-6-8-14(12)23-17)20-16(18-3)19-10-9-15(21)22-4/h5-8,13H,9-11H2,1-4H3,(H2,18,19,20). The van der Waals surface area contributed by atoms with E-state index >= 15 is 0 Å². The van der Waals surface area contributed by atoms with E-state index in [2.05, 4.69) is 40.3 Å². The minimum Gasteiger partial charge on any atom is -0.487 e. The number of guanidine groups is 1. The van der Waals surface area contributed by atoms with Crippen molar-refractivity contribution in [3.8, 4) is 5.75 Å². The summed E-state index contributed by atoms with van der Waals surface area (Å²) in [7, 11) is 3.10. The Morgan fingerprint density at radius 3 is 2.87 bits per heavy atom. The molecule has 23 heavy (non-hydrogen) atoms. The fourth-order valence-electron chi connectivity index (χ4n) is 2.68. The predicted octanol–water partition coefficient (Wildman–Crippen LogP) is 2.02. The summed E-state index contributed by atoms with van der Waals surface area (Å²) in [5.74, 6) is 1.31. The normalized spacial score (nSPS) is 19.3. The van der Waals surface area contributed by atoms with Crippen LogP contribution in [0.1, 0.15) is 38.3 Å². The second-order valence-corrected chi connectivity index (χ2v) is 6.13. The highest BCUT2D eigenvalue weighted by molar-refractivity contribution is 5.81. The monoisotopic (exact) mass is 319 g/mol. The van der Waals surface area contributed by atoms with Crippen molar-refractivity contribution in [3.05, 3.63) is 29.8 Å². The molecule has 1 aromatic carbocycles. The van der Waals surface area contributed by atoms with Crippen LogP contribution in [0.5, 0.6) is 5.75 Å². The summed E-state index contributed by atoms with van der Waals surface area (Å²) in [6, 6.07) is 8.12. The van der Waals surface area contributed by atoms with Gasteiger partial charge in [0.2, 0.25) is 0 Å². The second-order valence-electron chi connectivity index (χ2n) is 6.13. The zero-order valence-electron chi connectivity index (χ0n) is 14.2. The predicted molar refractivity (Wildman–Crippen MR) is 89.6 cm³/mol. The van der Waals surface area contributed by atoms with Crippen LogP contribution in [0, 0.1) is 0 Å². The van der Waals surface area contributed by atoms with Crippen molar-refractivity contribution in [2.24, 2.45) is 4.99 Å². The van der Waals surface area contributed by atoms with E-state index in [-0.39, 0.29) is 17.6 Å². The first-order valence-electron chi connectivity index (χ1n) is 7.77. The van der Waals surface area contributed by atoms with Crippen LogP contribution in [0.2, 0.25) is 0 Å². The summed E-state index contributed by atoms with van der Waals surface area (Å²) < 4.78 is 10.7. The number of fused-ring (bicyclic) bond motifs is 1. The SMILES string of the molecule is CN=C(NCCC(=O)OC)NC1CC(C)(C)Oc2ccccc21. The van der Waals surface area contributed by atoms with Crippen molar-refractivity contribution in [2.45, 2.75) is 38.3 Å². The average molecular weight is 319 g/mol. The van der Waals surface area contributed by atoms with Gasteiger partial charge in [-0.1, -0.05) is 18.2 Å². The number of hydrogen-bond donors (Lipinski definition) is 2. The molecule has 0 aliphatic carbocycles. The highest BCUT2D eigenvalue weighted by Gasteiger charge is 2.33. The van der Waals surface area contributed by atoms with Crippen LogP contribution in [0.4, 0.5) is 0 Å². The Hall–Kier alpha value is -2.24. The lowest BCUT2D eigenvalue weighted by Gasteiger charge is -2.38. The van der Waals surface area contributed by atoms with Crippen LogP contribution >= 0.6 is 0 Å². The Bertz CT molecular complexity index is 584. The van der Waals surface area contributed by atoms with Gasteiger partial charge in [-0.05, 0) is 19.9 Å². The van der Waals surface area contributed by atoms with Crippen LogP contribution < -0.4 is 15.4 Å². The molecule has 0 amide bonds. The summed E-state index contributed by atoms with van der Waals surface area (Å²) >= 11 is 0. The number of nitrogens with zero attached hydrogens (tertiary/aromatic N) is 1. The lowest BCUT2D eigenvalue weighted by molar-refractivity contribution is -0.140. The summed E-state index contributed by atoms with van der Waals surface area (Å²) in [5.41, 5.74) is 0.861. The Morgan fingerprint density at radius 2 is 2.17 bits per heavy atom. The van der Waals surface area contributed by atoms with Gasteiger partial charge in [-0.2, -0.15) is 0 Å². The molecule has 2 rings (SSSR count). The number of benzene rings is 1. The largest absolute Gasteiger partial charge is 0.487 e. The minimum absolute atomic E-state index is 0.0966. The second kappa shape index (κ2) is 7.35. The molecular formula is C17H25N3O3. The maximum absolute atomic E-state index is 11.2. The molecule has 6 heteroatoms. The molecule has 0 saturated carbocycles. The van der Waals surface area contributed by atoms with E-state index in [9.17, 15) is 4.79 Å². The topological polar surface area (TPSA) is 72.0 Å². The first kappa shape index (κ1) is 17.1. The van der Waals surface area contributed by atoms with Gasteiger partial charge in [0.05, 0.1) is 19.6 Å². The van der Waals surface area contributed by atoms with Crippen LogP contribution in [0.15, 0.2) is 29.3 Å². The molecule has 2 N–H and O–H groups in total. The number of carbonyl (C=O) groups is 1. The van der Waals surface area contributed by atoms with E-state index in [4.69, 9.17) is 4.74 Å². The molecule has 0 aromatic heterocycles. The third-order valence-electron chi connectivity index (χ3n) is 3.76.